The largest absolute Gasteiger partial charge is 0.494 e. The van der Waals surface area contributed by atoms with E-state index in [1.807, 2.05) is 42.5 Å². The van der Waals surface area contributed by atoms with Crippen molar-refractivity contribution in [1.29, 1.82) is 0 Å². The Morgan fingerprint density at radius 3 is 2.43 bits per heavy atom. The van der Waals surface area contributed by atoms with Gasteiger partial charge in [0, 0.05) is 18.9 Å². The molecule has 2 aromatic carbocycles. The number of halogens is 1. The van der Waals surface area contributed by atoms with E-state index in [0.717, 1.165) is 11.1 Å². The maximum Gasteiger partial charge on any atom is 0.227 e. The highest BCUT2D eigenvalue weighted by Gasteiger charge is 2.20. The quantitative estimate of drug-likeness (QED) is 0.570. The second-order valence-electron chi connectivity index (χ2n) is 6.47. The number of rotatable bonds is 9. The zero-order valence-corrected chi connectivity index (χ0v) is 15.6. The van der Waals surface area contributed by atoms with Gasteiger partial charge >= 0.3 is 0 Å². The Labute approximate surface area is 164 Å². The van der Waals surface area contributed by atoms with Gasteiger partial charge in [-0.05, 0) is 60.4 Å². The molecule has 0 spiro atoms. The molecule has 0 saturated carbocycles. The molecule has 0 aliphatic heterocycles. The fourth-order valence-electron chi connectivity index (χ4n) is 2.93. The van der Waals surface area contributed by atoms with Gasteiger partial charge in [0.15, 0.2) is 0 Å². The molecule has 0 aliphatic rings. The predicted octanol–water partition coefficient (Wildman–Crippen LogP) is 4.13. The molecule has 3 aromatic rings. The number of ether oxygens (including phenoxy) is 1. The topological polar surface area (TPSA) is 51.2 Å². The van der Waals surface area contributed by atoms with Crippen LogP contribution in [0.1, 0.15) is 23.5 Å². The Balaban J connectivity index is 1.52. The SMILES string of the molecule is O=C(NCCCOc1ccc(F)cc1)C(Cc1ccncc1)c1ccccc1. The number of pyridine rings is 1. The van der Waals surface area contributed by atoms with Crippen LogP contribution in [-0.2, 0) is 11.2 Å². The van der Waals surface area contributed by atoms with Gasteiger partial charge in [-0.25, -0.2) is 4.39 Å². The maximum atomic E-state index is 12.9. The first kappa shape index (κ1) is 19.5. The summed E-state index contributed by atoms with van der Waals surface area (Å²) in [5, 5.41) is 3.00. The van der Waals surface area contributed by atoms with Gasteiger partial charge in [-0.2, -0.15) is 0 Å². The van der Waals surface area contributed by atoms with Crippen molar-refractivity contribution >= 4 is 5.91 Å². The van der Waals surface area contributed by atoms with Crippen LogP contribution in [-0.4, -0.2) is 24.0 Å². The molecular weight excluding hydrogens is 355 g/mol. The minimum Gasteiger partial charge on any atom is -0.494 e. The number of nitrogens with zero attached hydrogens (tertiary/aromatic N) is 1. The van der Waals surface area contributed by atoms with Gasteiger partial charge in [0.05, 0.1) is 12.5 Å². The van der Waals surface area contributed by atoms with Crippen LogP contribution in [0.25, 0.3) is 0 Å². The standard InChI is InChI=1S/C23H23FN2O2/c24-20-7-9-21(10-8-20)28-16-4-13-26-23(27)22(19-5-2-1-3-6-19)17-18-11-14-25-15-12-18/h1-3,5-12,14-15,22H,4,13,16-17H2,(H,26,27). The van der Waals surface area contributed by atoms with Gasteiger partial charge in [0.2, 0.25) is 5.91 Å². The van der Waals surface area contributed by atoms with Crippen molar-refractivity contribution in [2.24, 2.45) is 0 Å². The molecule has 0 radical (unpaired) electrons. The summed E-state index contributed by atoms with van der Waals surface area (Å²) in [6, 6.07) is 19.5. The summed E-state index contributed by atoms with van der Waals surface area (Å²) in [6.45, 7) is 0.964. The second kappa shape index (κ2) is 10.2. The molecule has 0 fully saturated rings. The van der Waals surface area contributed by atoms with Crippen LogP contribution in [0.5, 0.6) is 5.75 Å². The van der Waals surface area contributed by atoms with Gasteiger partial charge in [0.25, 0.3) is 0 Å². The first-order chi connectivity index (χ1) is 13.7. The van der Waals surface area contributed by atoms with Crippen LogP contribution in [0, 0.1) is 5.82 Å². The van der Waals surface area contributed by atoms with E-state index in [9.17, 15) is 9.18 Å². The van der Waals surface area contributed by atoms with Crippen LogP contribution < -0.4 is 10.1 Å². The molecule has 28 heavy (non-hydrogen) atoms. The van der Waals surface area contributed by atoms with E-state index in [2.05, 4.69) is 10.3 Å². The summed E-state index contributed by atoms with van der Waals surface area (Å²) in [4.78, 5) is 16.8. The molecule has 144 valence electrons. The fourth-order valence-corrected chi connectivity index (χ4v) is 2.93. The first-order valence-electron chi connectivity index (χ1n) is 9.32. The summed E-state index contributed by atoms with van der Waals surface area (Å²) >= 11 is 0. The molecule has 1 unspecified atom stereocenters. The van der Waals surface area contributed by atoms with Gasteiger partial charge in [-0.3, -0.25) is 9.78 Å². The minimum atomic E-state index is -0.291. The first-order valence-corrected chi connectivity index (χ1v) is 9.32. The molecule has 0 aliphatic carbocycles. The van der Waals surface area contributed by atoms with Crippen molar-refractivity contribution in [1.82, 2.24) is 10.3 Å². The lowest BCUT2D eigenvalue weighted by molar-refractivity contribution is -0.122. The number of nitrogens with one attached hydrogen (secondary N) is 1. The van der Waals surface area contributed by atoms with Crippen molar-refractivity contribution in [3.05, 3.63) is 96.1 Å². The van der Waals surface area contributed by atoms with Gasteiger partial charge < -0.3 is 10.1 Å². The lowest BCUT2D eigenvalue weighted by Gasteiger charge is -2.17. The molecule has 4 nitrogen and oxygen atoms in total. The Hall–Kier alpha value is -3.21. The summed E-state index contributed by atoms with van der Waals surface area (Å²) in [6.07, 6.45) is 4.76. The van der Waals surface area contributed by atoms with Crippen molar-refractivity contribution in [2.75, 3.05) is 13.2 Å². The van der Waals surface area contributed by atoms with Crippen molar-refractivity contribution in [3.63, 3.8) is 0 Å². The molecule has 1 atom stereocenters. The van der Waals surface area contributed by atoms with Crippen LogP contribution >= 0.6 is 0 Å². The highest BCUT2D eigenvalue weighted by molar-refractivity contribution is 5.84. The fraction of sp³-hybridized carbons (Fsp3) is 0.217. The van der Waals surface area contributed by atoms with E-state index < -0.39 is 0 Å². The predicted molar refractivity (Wildman–Crippen MR) is 107 cm³/mol. The molecule has 1 aromatic heterocycles. The number of carbonyl (C=O) groups excluding carboxylic acids is 1. The molecule has 5 heteroatoms. The number of carbonyl (C=O) groups is 1. The Morgan fingerprint density at radius 2 is 1.71 bits per heavy atom. The van der Waals surface area contributed by atoms with E-state index in [1.165, 1.54) is 12.1 Å². The van der Waals surface area contributed by atoms with Crippen LogP contribution in [0.2, 0.25) is 0 Å². The van der Waals surface area contributed by atoms with Crippen LogP contribution in [0.3, 0.4) is 0 Å². The highest BCUT2D eigenvalue weighted by atomic mass is 19.1. The van der Waals surface area contributed by atoms with E-state index in [-0.39, 0.29) is 17.6 Å². The third kappa shape index (κ3) is 5.91. The second-order valence-corrected chi connectivity index (χ2v) is 6.47. The molecule has 1 heterocycles. The molecule has 1 N–H and O–H groups in total. The smallest absolute Gasteiger partial charge is 0.227 e. The number of benzene rings is 2. The third-order valence-electron chi connectivity index (χ3n) is 4.41. The van der Waals surface area contributed by atoms with Crippen molar-refractivity contribution in [3.8, 4) is 5.75 Å². The van der Waals surface area contributed by atoms with Crippen molar-refractivity contribution in [2.45, 2.75) is 18.8 Å². The summed E-state index contributed by atoms with van der Waals surface area (Å²) in [5.41, 5.74) is 2.05. The summed E-state index contributed by atoms with van der Waals surface area (Å²) in [7, 11) is 0. The number of amides is 1. The highest BCUT2D eigenvalue weighted by Crippen LogP contribution is 2.21. The van der Waals surface area contributed by atoms with Gasteiger partial charge in [-0.15, -0.1) is 0 Å². The zero-order valence-electron chi connectivity index (χ0n) is 15.6. The molecule has 1 amide bonds. The number of hydrogen-bond donors (Lipinski definition) is 1. The average Bonchev–Trinajstić information content (AvgIpc) is 2.74. The molecular formula is C23H23FN2O2. The van der Waals surface area contributed by atoms with E-state index in [0.29, 0.717) is 31.7 Å². The monoisotopic (exact) mass is 378 g/mol. The van der Waals surface area contributed by atoms with Crippen molar-refractivity contribution < 1.29 is 13.9 Å². The molecule has 0 bridgehead atoms. The van der Waals surface area contributed by atoms with E-state index >= 15 is 0 Å². The minimum absolute atomic E-state index is 0.00945. The Kier molecular flexibility index (Phi) is 7.13. The zero-order chi connectivity index (χ0) is 19.6. The lowest BCUT2D eigenvalue weighted by atomic mass is 9.91. The maximum absolute atomic E-state index is 12.9. The van der Waals surface area contributed by atoms with E-state index in [1.54, 1.807) is 24.5 Å². The van der Waals surface area contributed by atoms with Gasteiger partial charge in [-0.1, -0.05) is 30.3 Å². The Morgan fingerprint density at radius 1 is 1.00 bits per heavy atom. The average molecular weight is 378 g/mol. The number of hydrogen-bond acceptors (Lipinski definition) is 3. The van der Waals surface area contributed by atoms with Crippen LogP contribution in [0.15, 0.2) is 79.1 Å². The summed E-state index contributed by atoms with van der Waals surface area (Å²) < 4.78 is 18.4. The third-order valence-corrected chi connectivity index (χ3v) is 4.41. The van der Waals surface area contributed by atoms with E-state index in [4.69, 9.17) is 4.74 Å². The van der Waals surface area contributed by atoms with Crippen LogP contribution in [0.4, 0.5) is 4.39 Å². The lowest BCUT2D eigenvalue weighted by Crippen LogP contribution is -2.32. The normalized spacial score (nSPS) is 11.6. The molecule has 0 saturated heterocycles. The van der Waals surface area contributed by atoms with Gasteiger partial charge in [0.1, 0.15) is 11.6 Å². The summed E-state index contributed by atoms with van der Waals surface area (Å²) in [5.74, 6) is 0.0553. The number of aromatic nitrogens is 1. The Bertz CT molecular complexity index is 855. The molecule has 3 rings (SSSR count).